The average Bonchev–Trinajstić information content (AvgIpc) is 2.43. The number of benzene rings is 1. The van der Waals surface area contributed by atoms with Gasteiger partial charge in [-0.1, -0.05) is 37.3 Å². The van der Waals surface area contributed by atoms with E-state index < -0.39 is 12.0 Å². The lowest BCUT2D eigenvalue weighted by Gasteiger charge is -2.14. The van der Waals surface area contributed by atoms with Gasteiger partial charge in [-0.15, -0.1) is 6.58 Å². The van der Waals surface area contributed by atoms with Crippen LogP contribution in [0.4, 0.5) is 0 Å². The lowest BCUT2D eigenvalue weighted by Crippen LogP contribution is -2.41. The van der Waals surface area contributed by atoms with E-state index in [-0.39, 0.29) is 12.3 Å². The maximum Gasteiger partial charge on any atom is 0.326 e. The first-order chi connectivity index (χ1) is 9.58. The Bertz CT molecular complexity index is 482. The Morgan fingerprint density at radius 3 is 2.55 bits per heavy atom. The number of hydrogen-bond donors (Lipinski definition) is 2. The summed E-state index contributed by atoms with van der Waals surface area (Å²) in [5, 5.41) is 11.6. The van der Waals surface area contributed by atoms with Crippen molar-refractivity contribution in [3.63, 3.8) is 0 Å². The molecule has 1 amide bonds. The minimum atomic E-state index is -1.01. The molecule has 1 aromatic rings. The molecule has 1 aromatic carbocycles. The zero-order chi connectivity index (χ0) is 15.0. The monoisotopic (exact) mass is 275 g/mol. The van der Waals surface area contributed by atoms with Crippen LogP contribution in [-0.4, -0.2) is 23.0 Å². The van der Waals surface area contributed by atoms with Crippen LogP contribution in [0.5, 0.6) is 0 Å². The van der Waals surface area contributed by atoms with Gasteiger partial charge >= 0.3 is 5.97 Å². The van der Waals surface area contributed by atoms with Gasteiger partial charge in [0.15, 0.2) is 0 Å². The first-order valence-corrected chi connectivity index (χ1v) is 6.78. The van der Waals surface area contributed by atoms with Gasteiger partial charge in [-0.3, -0.25) is 4.79 Å². The number of carbonyl (C=O) groups excluding carboxylic acids is 1. The molecule has 0 aliphatic carbocycles. The van der Waals surface area contributed by atoms with Crippen molar-refractivity contribution < 1.29 is 14.7 Å². The smallest absolute Gasteiger partial charge is 0.326 e. The minimum Gasteiger partial charge on any atom is -0.480 e. The topological polar surface area (TPSA) is 66.4 Å². The molecule has 1 atom stereocenters. The number of allylic oxidation sites excluding steroid dienone is 1. The van der Waals surface area contributed by atoms with E-state index in [4.69, 9.17) is 5.11 Å². The van der Waals surface area contributed by atoms with E-state index in [1.165, 1.54) is 0 Å². The molecule has 4 nitrogen and oxygen atoms in total. The van der Waals surface area contributed by atoms with E-state index in [1.807, 2.05) is 31.2 Å². The summed E-state index contributed by atoms with van der Waals surface area (Å²) in [6.07, 6.45) is 3.63. The molecule has 1 rings (SSSR count). The van der Waals surface area contributed by atoms with Crippen LogP contribution >= 0.6 is 0 Å². The van der Waals surface area contributed by atoms with Crippen molar-refractivity contribution in [3.8, 4) is 0 Å². The quantitative estimate of drug-likeness (QED) is 0.716. The summed E-state index contributed by atoms with van der Waals surface area (Å²) in [6, 6.07) is 6.85. The van der Waals surface area contributed by atoms with Crippen LogP contribution in [0.2, 0.25) is 0 Å². The van der Waals surface area contributed by atoms with Crippen LogP contribution in [-0.2, 0) is 22.4 Å². The van der Waals surface area contributed by atoms with Crippen LogP contribution in [0.3, 0.4) is 0 Å². The van der Waals surface area contributed by atoms with E-state index in [0.717, 1.165) is 17.5 Å². The molecule has 0 saturated heterocycles. The average molecular weight is 275 g/mol. The highest BCUT2D eigenvalue weighted by Gasteiger charge is 2.19. The number of rotatable bonds is 8. The van der Waals surface area contributed by atoms with Crippen molar-refractivity contribution in [2.45, 2.75) is 38.6 Å². The summed E-state index contributed by atoms with van der Waals surface area (Å²) in [7, 11) is 0. The maximum atomic E-state index is 12.0. The van der Waals surface area contributed by atoms with E-state index in [2.05, 4.69) is 11.9 Å². The van der Waals surface area contributed by atoms with Crippen molar-refractivity contribution >= 4 is 11.9 Å². The van der Waals surface area contributed by atoms with Gasteiger partial charge in [-0.25, -0.2) is 4.79 Å². The first-order valence-electron chi connectivity index (χ1n) is 6.78. The Kier molecular flexibility index (Phi) is 6.50. The molecule has 20 heavy (non-hydrogen) atoms. The van der Waals surface area contributed by atoms with E-state index in [1.54, 1.807) is 6.08 Å². The molecule has 0 radical (unpaired) electrons. The number of aryl methyl sites for hydroxylation is 1. The fourth-order valence-corrected chi connectivity index (χ4v) is 2.04. The molecule has 0 aliphatic heterocycles. The van der Waals surface area contributed by atoms with Gasteiger partial charge < -0.3 is 10.4 Å². The summed E-state index contributed by atoms with van der Waals surface area (Å²) < 4.78 is 0. The Balaban J connectivity index is 2.65. The van der Waals surface area contributed by atoms with Crippen molar-refractivity contribution in [2.75, 3.05) is 0 Å². The predicted molar refractivity (Wildman–Crippen MR) is 78.5 cm³/mol. The van der Waals surface area contributed by atoms with Gasteiger partial charge in [-0.2, -0.15) is 0 Å². The lowest BCUT2D eigenvalue weighted by molar-refractivity contribution is -0.141. The number of hydrogen-bond acceptors (Lipinski definition) is 2. The Labute approximate surface area is 119 Å². The van der Waals surface area contributed by atoms with Gasteiger partial charge in [-0.05, 0) is 30.4 Å². The van der Waals surface area contributed by atoms with E-state index in [9.17, 15) is 9.59 Å². The van der Waals surface area contributed by atoms with Crippen LogP contribution in [0.15, 0.2) is 36.9 Å². The van der Waals surface area contributed by atoms with Gasteiger partial charge in [0.05, 0.1) is 6.42 Å². The highest BCUT2D eigenvalue weighted by Crippen LogP contribution is 2.10. The van der Waals surface area contributed by atoms with E-state index in [0.29, 0.717) is 12.8 Å². The molecule has 108 valence electrons. The molecule has 0 spiro atoms. The molecule has 0 aromatic heterocycles. The summed E-state index contributed by atoms with van der Waals surface area (Å²) in [6.45, 7) is 5.58. The number of aliphatic carboxylic acids is 1. The zero-order valence-corrected chi connectivity index (χ0v) is 11.8. The van der Waals surface area contributed by atoms with Crippen molar-refractivity contribution in [1.29, 1.82) is 0 Å². The van der Waals surface area contributed by atoms with Gasteiger partial charge in [0.1, 0.15) is 6.04 Å². The number of carbonyl (C=O) groups is 2. The molecule has 0 heterocycles. The molecular weight excluding hydrogens is 254 g/mol. The normalized spacial score (nSPS) is 11.7. The summed E-state index contributed by atoms with van der Waals surface area (Å²) >= 11 is 0. The number of carboxylic acid groups (broad SMARTS) is 1. The second-order valence-corrected chi connectivity index (χ2v) is 4.62. The van der Waals surface area contributed by atoms with Crippen LogP contribution < -0.4 is 5.32 Å². The van der Waals surface area contributed by atoms with E-state index >= 15 is 0 Å². The predicted octanol–water partition coefficient (Wildman–Crippen LogP) is 2.33. The number of nitrogens with one attached hydrogen (secondary N) is 1. The van der Waals surface area contributed by atoms with Crippen molar-refractivity contribution in [2.24, 2.45) is 0 Å². The third kappa shape index (κ3) is 4.88. The molecule has 1 unspecified atom stereocenters. The second kappa shape index (κ2) is 8.15. The first kappa shape index (κ1) is 16.0. The zero-order valence-electron chi connectivity index (χ0n) is 11.8. The summed E-state index contributed by atoms with van der Waals surface area (Å²) in [4.78, 5) is 23.0. The van der Waals surface area contributed by atoms with Gasteiger partial charge in [0.2, 0.25) is 5.91 Å². The molecule has 0 saturated carbocycles. The summed E-state index contributed by atoms with van der Waals surface area (Å²) in [5.74, 6) is -1.27. The number of amides is 1. The van der Waals surface area contributed by atoms with Crippen LogP contribution in [0, 0.1) is 0 Å². The number of carboxylic acids is 1. The SMILES string of the molecule is C=CCCC(NC(=O)Cc1ccccc1CC)C(=O)O. The van der Waals surface area contributed by atoms with Crippen LogP contribution in [0.1, 0.15) is 30.9 Å². The van der Waals surface area contributed by atoms with Crippen LogP contribution in [0.25, 0.3) is 0 Å². The standard InChI is InChI=1S/C16H21NO3/c1-3-5-10-14(16(19)20)17-15(18)11-13-9-7-6-8-12(13)4-2/h3,6-9,14H,1,4-5,10-11H2,2H3,(H,17,18)(H,19,20). The Morgan fingerprint density at radius 1 is 1.35 bits per heavy atom. The molecule has 0 aliphatic rings. The third-order valence-electron chi connectivity index (χ3n) is 3.14. The largest absolute Gasteiger partial charge is 0.480 e. The molecule has 4 heteroatoms. The van der Waals surface area contributed by atoms with Gasteiger partial charge in [0, 0.05) is 0 Å². The highest BCUT2D eigenvalue weighted by molar-refractivity contribution is 5.85. The molecule has 2 N–H and O–H groups in total. The Morgan fingerprint density at radius 2 is 2.00 bits per heavy atom. The minimum absolute atomic E-state index is 0.210. The maximum absolute atomic E-state index is 12.0. The van der Waals surface area contributed by atoms with Crippen molar-refractivity contribution in [1.82, 2.24) is 5.32 Å². The fraction of sp³-hybridized carbons (Fsp3) is 0.375. The molecular formula is C16H21NO3. The summed E-state index contributed by atoms with van der Waals surface area (Å²) in [5.41, 5.74) is 2.06. The van der Waals surface area contributed by atoms with Gasteiger partial charge in [0.25, 0.3) is 0 Å². The third-order valence-corrected chi connectivity index (χ3v) is 3.14. The Hall–Kier alpha value is -2.10. The highest BCUT2D eigenvalue weighted by atomic mass is 16.4. The second-order valence-electron chi connectivity index (χ2n) is 4.62. The lowest BCUT2D eigenvalue weighted by atomic mass is 10.0. The fourth-order valence-electron chi connectivity index (χ4n) is 2.04. The molecule has 0 fully saturated rings. The van der Waals surface area contributed by atoms with Crippen molar-refractivity contribution in [3.05, 3.63) is 48.0 Å². The molecule has 0 bridgehead atoms.